The van der Waals surface area contributed by atoms with Crippen molar-refractivity contribution in [3.63, 3.8) is 0 Å². The van der Waals surface area contributed by atoms with E-state index in [0.29, 0.717) is 19.0 Å². The Bertz CT molecular complexity index is 859. The molecule has 0 aliphatic heterocycles. The number of nitrogens with two attached hydrogens (primary N) is 1. The highest BCUT2D eigenvalue weighted by Crippen LogP contribution is 2.10. The average molecular weight is 360 g/mol. The molecule has 0 saturated heterocycles. The summed E-state index contributed by atoms with van der Waals surface area (Å²) in [6, 6.07) is 12.8. The molecule has 0 bridgehead atoms. The first-order valence-electron chi connectivity index (χ1n) is 7.92. The smallest absolute Gasteiger partial charge is 0.238 e. The van der Waals surface area contributed by atoms with Crippen LogP contribution in [-0.2, 0) is 23.1 Å². The van der Waals surface area contributed by atoms with Gasteiger partial charge in [0.25, 0.3) is 0 Å². The lowest BCUT2D eigenvalue weighted by molar-refractivity contribution is 0.597. The highest BCUT2D eigenvalue weighted by molar-refractivity contribution is 7.89. The van der Waals surface area contributed by atoms with Crippen molar-refractivity contribution in [1.82, 2.24) is 10.6 Å². The minimum atomic E-state index is -3.66. The van der Waals surface area contributed by atoms with E-state index in [4.69, 9.17) is 5.14 Å². The Kier molecular flexibility index (Phi) is 6.17. The lowest BCUT2D eigenvalue weighted by atomic mass is 10.1. The molecular formula is C18H24N4O2S. The number of guanidine groups is 1. The summed E-state index contributed by atoms with van der Waals surface area (Å²) in [7, 11) is -1.95. The minimum absolute atomic E-state index is 0.105. The number of nitrogens with one attached hydrogen (secondary N) is 2. The number of aliphatic imine (C=N–C) groups is 1. The van der Waals surface area contributed by atoms with E-state index in [1.165, 1.54) is 28.8 Å². The van der Waals surface area contributed by atoms with Gasteiger partial charge in [-0.25, -0.2) is 13.6 Å². The van der Waals surface area contributed by atoms with Gasteiger partial charge in [0.15, 0.2) is 5.96 Å². The summed E-state index contributed by atoms with van der Waals surface area (Å²) in [4.78, 5) is 4.31. The molecule has 7 heteroatoms. The molecule has 0 atom stereocenters. The molecule has 25 heavy (non-hydrogen) atoms. The van der Waals surface area contributed by atoms with Crippen LogP contribution in [0.5, 0.6) is 0 Å². The van der Waals surface area contributed by atoms with Gasteiger partial charge in [-0.15, -0.1) is 0 Å². The van der Waals surface area contributed by atoms with Gasteiger partial charge in [0.05, 0.1) is 4.90 Å². The highest BCUT2D eigenvalue weighted by atomic mass is 32.2. The molecule has 0 spiro atoms. The molecule has 4 N–H and O–H groups in total. The van der Waals surface area contributed by atoms with Crippen molar-refractivity contribution < 1.29 is 8.42 Å². The molecule has 0 unspecified atom stereocenters. The molecule has 0 saturated carbocycles. The predicted molar refractivity (Wildman–Crippen MR) is 101 cm³/mol. The molecule has 0 aliphatic carbocycles. The Labute approximate surface area is 149 Å². The number of hydrogen-bond donors (Lipinski definition) is 3. The van der Waals surface area contributed by atoms with Crippen molar-refractivity contribution in [2.75, 3.05) is 7.05 Å². The van der Waals surface area contributed by atoms with Crippen LogP contribution >= 0.6 is 0 Å². The quantitative estimate of drug-likeness (QED) is 0.560. The number of aryl methyl sites for hydroxylation is 2. The van der Waals surface area contributed by atoms with Crippen molar-refractivity contribution in [3.05, 3.63) is 64.7 Å². The monoisotopic (exact) mass is 360 g/mol. The van der Waals surface area contributed by atoms with Gasteiger partial charge >= 0.3 is 0 Å². The first-order valence-corrected chi connectivity index (χ1v) is 9.46. The average Bonchev–Trinajstić information content (AvgIpc) is 2.56. The number of primary sulfonamides is 1. The van der Waals surface area contributed by atoms with Crippen LogP contribution < -0.4 is 15.8 Å². The van der Waals surface area contributed by atoms with Crippen molar-refractivity contribution in [2.24, 2.45) is 10.1 Å². The second-order valence-corrected chi connectivity index (χ2v) is 7.46. The largest absolute Gasteiger partial charge is 0.352 e. The zero-order valence-corrected chi connectivity index (χ0v) is 15.5. The molecule has 0 amide bonds. The van der Waals surface area contributed by atoms with Crippen LogP contribution in [0.15, 0.2) is 52.4 Å². The lowest BCUT2D eigenvalue weighted by Crippen LogP contribution is -2.36. The number of rotatable bonds is 5. The Morgan fingerprint density at radius 2 is 1.68 bits per heavy atom. The third-order valence-electron chi connectivity index (χ3n) is 3.88. The van der Waals surface area contributed by atoms with Crippen molar-refractivity contribution in [1.29, 1.82) is 0 Å². The fourth-order valence-corrected chi connectivity index (χ4v) is 2.94. The molecule has 6 nitrogen and oxygen atoms in total. The van der Waals surface area contributed by atoms with Crippen molar-refractivity contribution >= 4 is 16.0 Å². The Balaban J connectivity index is 1.92. The molecule has 134 valence electrons. The molecule has 0 fully saturated rings. The van der Waals surface area contributed by atoms with E-state index < -0.39 is 10.0 Å². The zero-order chi connectivity index (χ0) is 18.4. The third-order valence-corrected chi connectivity index (χ3v) is 4.81. The van der Waals surface area contributed by atoms with E-state index in [1.807, 2.05) is 0 Å². The number of benzene rings is 2. The topological polar surface area (TPSA) is 96.6 Å². The Morgan fingerprint density at radius 3 is 2.24 bits per heavy atom. The summed E-state index contributed by atoms with van der Waals surface area (Å²) in [5.74, 6) is 0.676. The van der Waals surface area contributed by atoms with Crippen LogP contribution in [0.1, 0.15) is 22.3 Å². The van der Waals surface area contributed by atoms with Crippen LogP contribution in [0.2, 0.25) is 0 Å². The maximum atomic E-state index is 11.3. The van der Waals surface area contributed by atoms with E-state index in [-0.39, 0.29) is 4.90 Å². The van der Waals surface area contributed by atoms with E-state index in [2.05, 4.69) is 47.7 Å². The van der Waals surface area contributed by atoms with E-state index in [1.54, 1.807) is 19.2 Å². The second kappa shape index (κ2) is 8.13. The van der Waals surface area contributed by atoms with Gasteiger partial charge in [-0.05, 0) is 42.7 Å². The van der Waals surface area contributed by atoms with Gasteiger partial charge in [0, 0.05) is 20.1 Å². The standard InChI is InChI=1S/C18H24N4O2S/c1-13-4-7-16(14(2)10-13)12-22-18(20-3)21-11-15-5-8-17(9-6-15)25(19,23)24/h4-10H,11-12H2,1-3H3,(H2,19,23,24)(H2,20,21,22). The third kappa shape index (κ3) is 5.58. The fourth-order valence-electron chi connectivity index (χ4n) is 2.43. The fraction of sp³-hybridized carbons (Fsp3) is 0.278. The van der Waals surface area contributed by atoms with Crippen molar-refractivity contribution in [2.45, 2.75) is 31.8 Å². The second-order valence-electron chi connectivity index (χ2n) is 5.90. The highest BCUT2D eigenvalue weighted by Gasteiger charge is 2.07. The molecule has 0 heterocycles. The van der Waals surface area contributed by atoms with Gasteiger partial charge in [-0.2, -0.15) is 0 Å². The van der Waals surface area contributed by atoms with Crippen molar-refractivity contribution in [3.8, 4) is 0 Å². The van der Waals surface area contributed by atoms with Crippen LogP contribution in [0.4, 0.5) is 0 Å². The van der Waals surface area contributed by atoms with E-state index >= 15 is 0 Å². The van der Waals surface area contributed by atoms with E-state index in [9.17, 15) is 8.42 Å². The van der Waals surface area contributed by atoms with Gasteiger partial charge in [-0.3, -0.25) is 4.99 Å². The van der Waals surface area contributed by atoms with Gasteiger partial charge in [0.1, 0.15) is 0 Å². The summed E-state index contributed by atoms with van der Waals surface area (Å²) < 4.78 is 22.5. The van der Waals surface area contributed by atoms with Gasteiger partial charge in [-0.1, -0.05) is 35.9 Å². The molecular weight excluding hydrogens is 336 g/mol. The molecule has 2 aromatic carbocycles. The van der Waals surface area contributed by atoms with Crippen LogP contribution in [-0.4, -0.2) is 21.4 Å². The Hall–Kier alpha value is -2.38. The first-order chi connectivity index (χ1) is 11.8. The van der Waals surface area contributed by atoms with Crippen LogP contribution in [0.3, 0.4) is 0 Å². The molecule has 2 aromatic rings. The normalized spacial score (nSPS) is 12.1. The van der Waals surface area contributed by atoms with Crippen LogP contribution in [0.25, 0.3) is 0 Å². The molecule has 2 rings (SSSR count). The predicted octanol–water partition coefficient (Wildman–Crippen LogP) is 1.82. The summed E-state index contributed by atoms with van der Waals surface area (Å²) in [5, 5.41) is 11.6. The number of hydrogen-bond acceptors (Lipinski definition) is 3. The number of sulfonamides is 1. The van der Waals surface area contributed by atoms with Crippen LogP contribution in [0, 0.1) is 13.8 Å². The minimum Gasteiger partial charge on any atom is -0.352 e. The maximum absolute atomic E-state index is 11.3. The molecule has 0 aromatic heterocycles. The molecule has 0 radical (unpaired) electrons. The molecule has 0 aliphatic rings. The van der Waals surface area contributed by atoms with E-state index in [0.717, 1.165) is 5.56 Å². The summed E-state index contributed by atoms with van der Waals surface area (Å²) in [6.45, 7) is 5.37. The first kappa shape index (κ1) is 19.0. The SMILES string of the molecule is CN=C(NCc1ccc(S(N)(=O)=O)cc1)NCc1ccc(C)cc1C. The Morgan fingerprint density at radius 1 is 1.04 bits per heavy atom. The van der Waals surface area contributed by atoms with Gasteiger partial charge < -0.3 is 10.6 Å². The summed E-state index contributed by atoms with van der Waals surface area (Å²) in [5.41, 5.74) is 4.63. The zero-order valence-electron chi connectivity index (χ0n) is 14.7. The summed E-state index contributed by atoms with van der Waals surface area (Å²) in [6.07, 6.45) is 0. The maximum Gasteiger partial charge on any atom is 0.238 e. The lowest BCUT2D eigenvalue weighted by Gasteiger charge is -2.13. The van der Waals surface area contributed by atoms with Gasteiger partial charge in [0.2, 0.25) is 10.0 Å². The number of nitrogens with zero attached hydrogens (tertiary/aromatic N) is 1. The summed E-state index contributed by atoms with van der Waals surface area (Å²) >= 11 is 0.